The zero-order chi connectivity index (χ0) is 11.1. The monoisotopic (exact) mass is 216 g/mol. The van der Waals surface area contributed by atoms with Crippen LogP contribution in [0.4, 0.5) is 0 Å². The molecule has 4 heteroatoms. The van der Waals surface area contributed by atoms with E-state index >= 15 is 0 Å². The fraction of sp³-hybridized carbons (Fsp3) is 0.333. The molecule has 0 aliphatic carbocycles. The maximum Gasteiger partial charge on any atom is 0.223 e. The van der Waals surface area contributed by atoms with E-state index in [1.165, 1.54) is 0 Å². The third-order valence-corrected chi connectivity index (χ3v) is 3.00. The number of amides is 1. The van der Waals surface area contributed by atoms with E-state index in [0.717, 1.165) is 11.1 Å². The van der Waals surface area contributed by atoms with Crippen molar-refractivity contribution in [1.82, 2.24) is 9.88 Å². The summed E-state index contributed by atoms with van der Waals surface area (Å²) >= 11 is 0. The molecule has 82 valence electrons. The lowest BCUT2D eigenvalue weighted by Crippen LogP contribution is -2.18. The zero-order valence-corrected chi connectivity index (χ0v) is 9.01. The molecule has 0 unspecified atom stereocenters. The number of fused-ring (bicyclic) bond motifs is 1. The summed E-state index contributed by atoms with van der Waals surface area (Å²) in [5.41, 5.74) is 1.65. The Hall–Kier alpha value is -1.84. The van der Waals surface area contributed by atoms with Gasteiger partial charge in [-0.05, 0) is 12.1 Å². The molecule has 2 aromatic rings. The molecule has 2 heterocycles. The molecule has 0 bridgehead atoms. The minimum Gasteiger partial charge on any atom is -0.440 e. The van der Waals surface area contributed by atoms with Crippen molar-refractivity contribution in [2.75, 3.05) is 13.6 Å². The van der Waals surface area contributed by atoms with Gasteiger partial charge in [-0.3, -0.25) is 4.79 Å². The molecule has 0 radical (unpaired) electrons. The third kappa shape index (κ3) is 1.38. The fourth-order valence-electron chi connectivity index (χ4n) is 2.09. The second-order valence-corrected chi connectivity index (χ2v) is 4.20. The number of likely N-dealkylation sites (N-methyl/N-ethyl adjacent to an activating group) is 1. The largest absolute Gasteiger partial charge is 0.440 e. The highest BCUT2D eigenvalue weighted by molar-refractivity contribution is 5.79. The average Bonchev–Trinajstić information content (AvgIpc) is 2.83. The van der Waals surface area contributed by atoms with Crippen molar-refractivity contribution in [3.63, 3.8) is 0 Å². The first kappa shape index (κ1) is 9.39. The number of carbonyl (C=O) groups excluding carboxylic acids is 1. The highest BCUT2D eigenvalue weighted by Crippen LogP contribution is 2.28. The van der Waals surface area contributed by atoms with Gasteiger partial charge >= 0.3 is 0 Å². The van der Waals surface area contributed by atoms with E-state index < -0.39 is 0 Å². The summed E-state index contributed by atoms with van der Waals surface area (Å²) < 4.78 is 5.66. The number of carbonyl (C=O) groups is 1. The predicted molar refractivity (Wildman–Crippen MR) is 59.0 cm³/mol. The van der Waals surface area contributed by atoms with Crippen LogP contribution in [0.5, 0.6) is 0 Å². The van der Waals surface area contributed by atoms with Gasteiger partial charge in [-0.2, -0.15) is 0 Å². The average molecular weight is 216 g/mol. The molecule has 4 nitrogen and oxygen atoms in total. The first-order valence-corrected chi connectivity index (χ1v) is 5.33. The number of rotatable bonds is 1. The Morgan fingerprint density at radius 1 is 1.44 bits per heavy atom. The maximum atomic E-state index is 11.4. The number of benzene rings is 1. The van der Waals surface area contributed by atoms with Crippen LogP contribution in [0.15, 0.2) is 28.7 Å². The van der Waals surface area contributed by atoms with Crippen molar-refractivity contribution in [1.29, 1.82) is 0 Å². The summed E-state index contributed by atoms with van der Waals surface area (Å²) in [4.78, 5) is 17.6. The molecule has 1 aromatic heterocycles. The van der Waals surface area contributed by atoms with E-state index in [-0.39, 0.29) is 11.8 Å². The van der Waals surface area contributed by atoms with Gasteiger partial charge in [0.15, 0.2) is 5.58 Å². The van der Waals surface area contributed by atoms with Gasteiger partial charge in [0.25, 0.3) is 0 Å². The Bertz CT molecular complexity index is 514. The van der Waals surface area contributed by atoms with E-state index in [4.69, 9.17) is 4.42 Å². The van der Waals surface area contributed by atoms with Crippen LogP contribution in [0.3, 0.4) is 0 Å². The normalized spacial score (nSPS) is 20.9. The Labute approximate surface area is 92.9 Å². The number of nitrogens with zero attached hydrogens (tertiary/aromatic N) is 2. The lowest BCUT2D eigenvalue weighted by atomic mass is 10.1. The SMILES string of the molecule is CN1C[C@H](c2nc3ccccc3o2)CC1=O. The van der Waals surface area contributed by atoms with Crippen molar-refractivity contribution in [2.45, 2.75) is 12.3 Å². The van der Waals surface area contributed by atoms with Gasteiger partial charge in [0.05, 0.1) is 5.92 Å². The molecule has 0 N–H and O–H groups in total. The summed E-state index contributed by atoms with van der Waals surface area (Å²) in [6.07, 6.45) is 0.503. The van der Waals surface area contributed by atoms with Crippen molar-refractivity contribution in [2.24, 2.45) is 0 Å². The van der Waals surface area contributed by atoms with E-state index in [1.54, 1.807) is 4.90 Å². The summed E-state index contributed by atoms with van der Waals surface area (Å²) in [6, 6.07) is 7.67. The quantitative estimate of drug-likeness (QED) is 0.729. The van der Waals surface area contributed by atoms with E-state index in [1.807, 2.05) is 31.3 Å². The van der Waals surface area contributed by atoms with Gasteiger partial charge in [0.2, 0.25) is 11.8 Å². The molecule has 1 saturated heterocycles. The molecule has 1 atom stereocenters. The standard InChI is InChI=1S/C12H12N2O2/c1-14-7-8(6-11(14)15)12-13-9-4-2-3-5-10(9)16-12/h2-5,8H,6-7H2,1H3/t8-/m1/s1. The zero-order valence-electron chi connectivity index (χ0n) is 9.01. The summed E-state index contributed by atoms with van der Waals surface area (Å²) in [5, 5.41) is 0. The summed E-state index contributed by atoms with van der Waals surface area (Å²) in [5.74, 6) is 0.941. The van der Waals surface area contributed by atoms with Gasteiger partial charge in [0.1, 0.15) is 5.52 Å². The highest BCUT2D eigenvalue weighted by Gasteiger charge is 2.31. The van der Waals surface area contributed by atoms with Crippen LogP contribution in [-0.4, -0.2) is 29.4 Å². The minimum absolute atomic E-state index is 0.102. The molecule has 0 saturated carbocycles. The number of para-hydroxylation sites is 2. The molecular weight excluding hydrogens is 204 g/mol. The number of aromatic nitrogens is 1. The topological polar surface area (TPSA) is 46.3 Å². The van der Waals surface area contributed by atoms with Gasteiger partial charge in [-0.15, -0.1) is 0 Å². The van der Waals surface area contributed by atoms with E-state index in [2.05, 4.69) is 4.98 Å². The molecule has 1 amide bonds. The molecule has 3 rings (SSSR count). The van der Waals surface area contributed by atoms with Crippen LogP contribution >= 0.6 is 0 Å². The fourth-order valence-corrected chi connectivity index (χ4v) is 2.09. The van der Waals surface area contributed by atoms with Gasteiger partial charge in [0, 0.05) is 20.0 Å². The van der Waals surface area contributed by atoms with Crippen LogP contribution < -0.4 is 0 Å². The van der Waals surface area contributed by atoms with Crippen LogP contribution in [0, 0.1) is 0 Å². The Kier molecular flexibility index (Phi) is 1.96. The maximum absolute atomic E-state index is 11.4. The number of likely N-dealkylation sites (tertiary alicyclic amines) is 1. The van der Waals surface area contributed by atoms with E-state index in [0.29, 0.717) is 18.9 Å². The molecule has 1 aromatic carbocycles. The minimum atomic E-state index is 0.102. The predicted octanol–water partition coefficient (Wildman–Crippen LogP) is 1.77. The summed E-state index contributed by atoms with van der Waals surface area (Å²) in [6.45, 7) is 0.700. The lowest BCUT2D eigenvalue weighted by Gasteiger charge is -2.06. The first-order chi connectivity index (χ1) is 7.74. The van der Waals surface area contributed by atoms with E-state index in [9.17, 15) is 4.79 Å². The Morgan fingerprint density at radius 3 is 2.94 bits per heavy atom. The van der Waals surface area contributed by atoms with Gasteiger partial charge in [-0.25, -0.2) is 4.98 Å². The molecule has 1 fully saturated rings. The smallest absolute Gasteiger partial charge is 0.223 e. The molecule has 1 aliphatic rings. The molecule has 16 heavy (non-hydrogen) atoms. The third-order valence-electron chi connectivity index (χ3n) is 3.00. The van der Waals surface area contributed by atoms with Crippen molar-refractivity contribution in [3.8, 4) is 0 Å². The van der Waals surface area contributed by atoms with Crippen LogP contribution in [-0.2, 0) is 4.79 Å². The van der Waals surface area contributed by atoms with Crippen molar-refractivity contribution >= 4 is 17.0 Å². The van der Waals surface area contributed by atoms with Crippen LogP contribution in [0.25, 0.3) is 11.1 Å². The van der Waals surface area contributed by atoms with Crippen LogP contribution in [0.2, 0.25) is 0 Å². The number of hydrogen-bond donors (Lipinski definition) is 0. The second kappa shape index (κ2) is 3.33. The first-order valence-electron chi connectivity index (χ1n) is 5.33. The second-order valence-electron chi connectivity index (χ2n) is 4.20. The number of hydrogen-bond acceptors (Lipinski definition) is 3. The Balaban J connectivity index is 1.98. The van der Waals surface area contributed by atoms with Gasteiger partial charge in [-0.1, -0.05) is 12.1 Å². The van der Waals surface area contributed by atoms with Crippen molar-refractivity contribution in [3.05, 3.63) is 30.2 Å². The molecule has 1 aliphatic heterocycles. The lowest BCUT2D eigenvalue weighted by molar-refractivity contribution is -0.126. The van der Waals surface area contributed by atoms with Crippen LogP contribution in [0.1, 0.15) is 18.2 Å². The Morgan fingerprint density at radius 2 is 2.25 bits per heavy atom. The number of oxazole rings is 1. The summed E-state index contributed by atoms with van der Waals surface area (Å²) in [7, 11) is 1.81. The molecule has 0 spiro atoms. The van der Waals surface area contributed by atoms with Gasteiger partial charge < -0.3 is 9.32 Å². The highest BCUT2D eigenvalue weighted by atomic mass is 16.3. The van der Waals surface area contributed by atoms with Crippen molar-refractivity contribution < 1.29 is 9.21 Å². The molecular formula is C12H12N2O2.